The van der Waals surface area contributed by atoms with Gasteiger partial charge in [0, 0.05) is 25.9 Å². The number of nitrogens with zero attached hydrogens (tertiary/aromatic N) is 1. The smallest absolute Gasteiger partial charge is 0.309 e. The van der Waals surface area contributed by atoms with Gasteiger partial charge in [0.15, 0.2) is 6.61 Å². The van der Waals surface area contributed by atoms with E-state index < -0.39 is 11.9 Å². The Balaban J connectivity index is 1.80. The van der Waals surface area contributed by atoms with Crippen LogP contribution < -0.4 is 5.32 Å². The number of ether oxygens (including phenoxy) is 1. The zero-order chi connectivity index (χ0) is 17.0. The molecule has 2 bridgehead atoms. The van der Waals surface area contributed by atoms with E-state index in [9.17, 15) is 19.2 Å². The molecule has 2 aliphatic rings. The Kier molecular flexibility index (Phi) is 5.74. The van der Waals surface area contributed by atoms with Gasteiger partial charge >= 0.3 is 5.97 Å². The van der Waals surface area contributed by atoms with Crippen LogP contribution in [-0.4, -0.2) is 55.7 Å². The second kappa shape index (κ2) is 7.57. The average Bonchev–Trinajstić information content (AvgIpc) is 2.51. The van der Waals surface area contributed by atoms with Crippen LogP contribution in [0.3, 0.4) is 0 Å². The molecular weight excluding hydrogens is 300 g/mol. The Morgan fingerprint density at radius 1 is 1.22 bits per heavy atom. The van der Waals surface area contributed by atoms with Crippen LogP contribution in [0.25, 0.3) is 0 Å². The Morgan fingerprint density at radius 3 is 2.39 bits per heavy atom. The van der Waals surface area contributed by atoms with E-state index in [4.69, 9.17) is 4.74 Å². The lowest BCUT2D eigenvalue weighted by Gasteiger charge is -2.36. The lowest BCUT2D eigenvalue weighted by atomic mass is 9.67. The van der Waals surface area contributed by atoms with Gasteiger partial charge in [0.2, 0.25) is 5.91 Å². The predicted octanol–water partition coefficient (Wildman–Crippen LogP) is 0.129. The molecule has 1 N–H and O–H groups in total. The summed E-state index contributed by atoms with van der Waals surface area (Å²) in [7, 11) is 2.97. The van der Waals surface area contributed by atoms with Gasteiger partial charge in [-0.15, -0.1) is 0 Å². The zero-order valence-corrected chi connectivity index (χ0v) is 13.7. The molecule has 0 aromatic heterocycles. The van der Waals surface area contributed by atoms with Gasteiger partial charge in [-0.3, -0.25) is 19.2 Å². The minimum absolute atomic E-state index is 0.0216. The maximum atomic E-state index is 12.2. The fraction of sp³-hybridized carbons (Fsp3) is 0.750. The molecule has 2 amide bonds. The third-order valence-corrected chi connectivity index (χ3v) is 4.80. The van der Waals surface area contributed by atoms with Gasteiger partial charge in [-0.2, -0.15) is 0 Å². The standard InChI is InChI=1S/C16H24N2O5/c1-17-13(19)8-18(2)14(20)9-23-16(22)12-6-10-4-3-5-11(7-12)15(10)21/h10-12H,3-9H2,1-2H3,(H,17,19)/t10-,11+,12?. The van der Waals surface area contributed by atoms with Crippen molar-refractivity contribution >= 4 is 23.6 Å². The van der Waals surface area contributed by atoms with Crippen LogP contribution in [0.4, 0.5) is 0 Å². The monoisotopic (exact) mass is 324 g/mol. The van der Waals surface area contributed by atoms with Crippen molar-refractivity contribution < 1.29 is 23.9 Å². The molecule has 1 unspecified atom stereocenters. The number of carbonyl (C=O) groups is 4. The van der Waals surface area contributed by atoms with Crippen molar-refractivity contribution in [3.8, 4) is 0 Å². The number of Topliss-reactive ketones (excluding diaryl/α,β-unsaturated/α-hetero) is 1. The highest BCUT2D eigenvalue weighted by atomic mass is 16.5. The van der Waals surface area contributed by atoms with Gasteiger partial charge < -0.3 is 15.0 Å². The zero-order valence-electron chi connectivity index (χ0n) is 13.7. The minimum atomic E-state index is -0.422. The molecule has 0 aliphatic heterocycles. The number of esters is 1. The van der Waals surface area contributed by atoms with Crippen molar-refractivity contribution in [1.82, 2.24) is 10.2 Å². The van der Waals surface area contributed by atoms with Crippen molar-refractivity contribution in [2.75, 3.05) is 27.2 Å². The first kappa shape index (κ1) is 17.4. The molecule has 2 saturated carbocycles. The van der Waals surface area contributed by atoms with E-state index >= 15 is 0 Å². The summed E-state index contributed by atoms with van der Waals surface area (Å²) >= 11 is 0. The Hall–Kier alpha value is -1.92. The number of hydrogen-bond acceptors (Lipinski definition) is 5. The first-order chi connectivity index (χ1) is 10.9. The highest BCUT2D eigenvalue weighted by Crippen LogP contribution is 2.40. The van der Waals surface area contributed by atoms with Crippen molar-refractivity contribution in [1.29, 1.82) is 0 Å². The van der Waals surface area contributed by atoms with Crippen molar-refractivity contribution in [2.45, 2.75) is 32.1 Å². The largest absolute Gasteiger partial charge is 0.455 e. The van der Waals surface area contributed by atoms with Crippen LogP contribution in [-0.2, 0) is 23.9 Å². The Labute approximate surface area is 135 Å². The summed E-state index contributed by atoms with van der Waals surface area (Å²) < 4.78 is 5.11. The normalized spacial score (nSPS) is 26.3. The number of carbonyl (C=O) groups excluding carboxylic acids is 4. The van der Waals surface area contributed by atoms with E-state index in [0.717, 1.165) is 19.3 Å². The quantitative estimate of drug-likeness (QED) is 0.726. The number of amides is 2. The van der Waals surface area contributed by atoms with Gasteiger partial charge in [0.05, 0.1) is 12.5 Å². The van der Waals surface area contributed by atoms with Crippen LogP contribution >= 0.6 is 0 Å². The summed E-state index contributed by atoms with van der Waals surface area (Å²) in [4.78, 5) is 48.4. The van der Waals surface area contributed by atoms with Gasteiger partial charge in [-0.1, -0.05) is 6.42 Å². The summed E-state index contributed by atoms with van der Waals surface area (Å²) in [5.41, 5.74) is 0. The van der Waals surface area contributed by atoms with Crippen molar-refractivity contribution in [3.05, 3.63) is 0 Å². The molecule has 2 rings (SSSR count). The summed E-state index contributed by atoms with van der Waals surface area (Å²) in [5.74, 6) is -1.16. The van der Waals surface area contributed by atoms with Gasteiger partial charge in [0.1, 0.15) is 5.78 Å². The fourth-order valence-corrected chi connectivity index (χ4v) is 3.42. The molecule has 128 valence electrons. The molecule has 23 heavy (non-hydrogen) atoms. The van der Waals surface area contributed by atoms with Crippen LogP contribution in [0.5, 0.6) is 0 Å². The molecule has 0 spiro atoms. The SMILES string of the molecule is CNC(=O)CN(C)C(=O)COC(=O)C1C[C@H]2CCC[C@@H](C1)C2=O. The summed E-state index contributed by atoms with van der Waals surface area (Å²) in [5, 5.41) is 2.42. The Morgan fingerprint density at radius 2 is 1.83 bits per heavy atom. The molecule has 0 radical (unpaired) electrons. The van der Waals surface area contributed by atoms with Crippen LogP contribution in [0.15, 0.2) is 0 Å². The first-order valence-electron chi connectivity index (χ1n) is 8.07. The number of fused-ring (bicyclic) bond motifs is 2. The molecule has 0 aromatic carbocycles. The molecular formula is C16H24N2O5. The van der Waals surface area contributed by atoms with E-state index in [1.54, 1.807) is 0 Å². The molecule has 7 nitrogen and oxygen atoms in total. The molecule has 0 heterocycles. The molecule has 3 atom stereocenters. The maximum absolute atomic E-state index is 12.2. The third-order valence-electron chi connectivity index (χ3n) is 4.80. The second-order valence-corrected chi connectivity index (χ2v) is 6.43. The molecule has 2 fully saturated rings. The number of hydrogen-bond donors (Lipinski definition) is 1. The van der Waals surface area contributed by atoms with E-state index in [2.05, 4.69) is 5.32 Å². The minimum Gasteiger partial charge on any atom is -0.455 e. The topological polar surface area (TPSA) is 92.8 Å². The van der Waals surface area contributed by atoms with Crippen LogP contribution in [0.1, 0.15) is 32.1 Å². The number of likely N-dealkylation sites (N-methyl/N-ethyl adjacent to an activating group) is 2. The molecule has 0 aromatic rings. The lowest BCUT2D eigenvalue weighted by molar-refractivity contribution is -0.158. The highest BCUT2D eigenvalue weighted by molar-refractivity contribution is 5.88. The molecule has 7 heteroatoms. The van der Waals surface area contributed by atoms with Gasteiger partial charge in [0.25, 0.3) is 5.91 Å². The van der Waals surface area contributed by atoms with Crippen LogP contribution in [0.2, 0.25) is 0 Å². The van der Waals surface area contributed by atoms with E-state index in [1.165, 1.54) is 19.0 Å². The van der Waals surface area contributed by atoms with E-state index in [0.29, 0.717) is 18.6 Å². The number of ketones is 1. The predicted molar refractivity (Wildman–Crippen MR) is 81.2 cm³/mol. The molecule has 2 aliphatic carbocycles. The third kappa shape index (κ3) is 4.30. The second-order valence-electron chi connectivity index (χ2n) is 6.43. The van der Waals surface area contributed by atoms with Crippen molar-refractivity contribution in [2.24, 2.45) is 17.8 Å². The fourth-order valence-electron chi connectivity index (χ4n) is 3.42. The summed E-state index contributed by atoms with van der Waals surface area (Å²) in [6.07, 6.45) is 3.83. The maximum Gasteiger partial charge on any atom is 0.309 e. The molecule has 0 saturated heterocycles. The van der Waals surface area contributed by atoms with Crippen LogP contribution in [0, 0.1) is 17.8 Å². The van der Waals surface area contributed by atoms with E-state index in [1.807, 2.05) is 0 Å². The van der Waals surface area contributed by atoms with E-state index in [-0.39, 0.29) is 36.8 Å². The number of rotatable bonds is 5. The highest BCUT2D eigenvalue weighted by Gasteiger charge is 2.41. The summed E-state index contributed by atoms with van der Waals surface area (Å²) in [6, 6.07) is 0. The average molecular weight is 324 g/mol. The van der Waals surface area contributed by atoms with Gasteiger partial charge in [-0.05, 0) is 25.7 Å². The van der Waals surface area contributed by atoms with Crippen molar-refractivity contribution in [3.63, 3.8) is 0 Å². The lowest BCUT2D eigenvalue weighted by Crippen LogP contribution is -2.41. The number of nitrogens with one attached hydrogen (secondary N) is 1. The summed E-state index contributed by atoms with van der Waals surface area (Å²) in [6.45, 7) is -0.443. The Bertz CT molecular complexity index is 489. The van der Waals surface area contributed by atoms with Gasteiger partial charge in [-0.25, -0.2) is 0 Å². The first-order valence-corrected chi connectivity index (χ1v) is 8.07.